The standard InChI is InChI=1S/C9H10BrClO/c1-6(10)5-7-8(11)3-2-4-9(7)12/h1-5H2. The Morgan fingerprint density at radius 3 is 2.75 bits per heavy atom. The van der Waals surface area contributed by atoms with Crippen LogP contribution in [-0.4, -0.2) is 5.78 Å². The molecule has 1 aliphatic carbocycles. The third-order valence-corrected chi connectivity index (χ3v) is 2.53. The SMILES string of the molecule is C=C(Br)CC1=C(Cl)CCCC1=O. The normalized spacial score (nSPS) is 18.3. The van der Waals surface area contributed by atoms with Crippen molar-refractivity contribution in [3.63, 3.8) is 0 Å². The second kappa shape index (κ2) is 4.24. The number of rotatable bonds is 2. The number of halogens is 2. The zero-order valence-electron chi connectivity index (χ0n) is 6.70. The van der Waals surface area contributed by atoms with Crippen LogP contribution < -0.4 is 0 Å². The van der Waals surface area contributed by atoms with E-state index in [0.717, 1.165) is 22.9 Å². The van der Waals surface area contributed by atoms with Gasteiger partial charge in [0.2, 0.25) is 0 Å². The summed E-state index contributed by atoms with van der Waals surface area (Å²) in [6.45, 7) is 3.69. The molecule has 0 saturated carbocycles. The lowest BCUT2D eigenvalue weighted by atomic mass is 9.95. The number of allylic oxidation sites excluding steroid dienone is 3. The van der Waals surface area contributed by atoms with Gasteiger partial charge in [0.05, 0.1) is 0 Å². The first-order valence-corrected chi connectivity index (χ1v) is 5.02. The minimum absolute atomic E-state index is 0.173. The number of carbonyl (C=O) groups is 1. The van der Waals surface area contributed by atoms with Crippen LogP contribution in [-0.2, 0) is 4.79 Å². The Morgan fingerprint density at radius 1 is 1.58 bits per heavy atom. The van der Waals surface area contributed by atoms with Crippen molar-refractivity contribution in [3.05, 3.63) is 21.7 Å². The summed E-state index contributed by atoms with van der Waals surface area (Å²) in [5.41, 5.74) is 0.741. The number of Topliss-reactive ketones (excluding diaryl/α,β-unsaturated/α-hetero) is 1. The highest BCUT2D eigenvalue weighted by Gasteiger charge is 2.18. The molecule has 0 fully saturated rings. The van der Waals surface area contributed by atoms with Crippen LogP contribution in [0.3, 0.4) is 0 Å². The van der Waals surface area contributed by atoms with Gasteiger partial charge in [-0.2, -0.15) is 0 Å². The van der Waals surface area contributed by atoms with Crippen molar-refractivity contribution >= 4 is 33.3 Å². The molecule has 0 radical (unpaired) electrons. The lowest BCUT2D eigenvalue weighted by Crippen LogP contribution is -2.09. The molecule has 66 valence electrons. The molecule has 0 aromatic heterocycles. The van der Waals surface area contributed by atoms with E-state index in [0.29, 0.717) is 17.9 Å². The van der Waals surface area contributed by atoms with Crippen LogP contribution in [0.25, 0.3) is 0 Å². The lowest BCUT2D eigenvalue weighted by Gasteiger charge is -2.14. The summed E-state index contributed by atoms with van der Waals surface area (Å²) < 4.78 is 0.811. The molecule has 0 aliphatic heterocycles. The molecule has 3 heteroatoms. The predicted octanol–water partition coefficient (Wildman–Crippen LogP) is 3.53. The van der Waals surface area contributed by atoms with E-state index in [1.165, 1.54) is 0 Å². The van der Waals surface area contributed by atoms with Crippen LogP contribution in [0, 0.1) is 0 Å². The van der Waals surface area contributed by atoms with Crippen LogP contribution in [0.1, 0.15) is 25.7 Å². The van der Waals surface area contributed by atoms with Gasteiger partial charge in [0.25, 0.3) is 0 Å². The molecule has 0 spiro atoms. The molecule has 1 rings (SSSR count). The van der Waals surface area contributed by atoms with E-state index < -0.39 is 0 Å². The average molecular weight is 250 g/mol. The first-order valence-electron chi connectivity index (χ1n) is 3.85. The van der Waals surface area contributed by atoms with Gasteiger partial charge in [0.15, 0.2) is 5.78 Å². The summed E-state index contributed by atoms with van der Waals surface area (Å²) in [4.78, 5) is 11.3. The largest absolute Gasteiger partial charge is 0.294 e. The summed E-state index contributed by atoms with van der Waals surface area (Å²) >= 11 is 9.14. The Kier molecular flexibility index (Phi) is 3.53. The highest BCUT2D eigenvalue weighted by Crippen LogP contribution is 2.29. The van der Waals surface area contributed by atoms with Crippen LogP contribution in [0.15, 0.2) is 21.7 Å². The second-order valence-corrected chi connectivity index (χ2v) is 4.43. The van der Waals surface area contributed by atoms with Gasteiger partial charge in [-0.25, -0.2) is 0 Å². The van der Waals surface area contributed by atoms with Crippen molar-refractivity contribution < 1.29 is 4.79 Å². The van der Waals surface area contributed by atoms with Crippen LogP contribution in [0.4, 0.5) is 0 Å². The van der Waals surface area contributed by atoms with E-state index in [2.05, 4.69) is 22.5 Å². The van der Waals surface area contributed by atoms with E-state index in [1.54, 1.807) is 0 Å². The summed E-state index contributed by atoms with van der Waals surface area (Å²) in [6.07, 6.45) is 2.92. The van der Waals surface area contributed by atoms with Crippen molar-refractivity contribution in [1.82, 2.24) is 0 Å². The fourth-order valence-corrected chi connectivity index (χ4v) is 1.83. The van der Waals surface area contributed by atoms with Gasteiger partial charge in [0.1, 0.15) is 0 Å². The lowest BCUT2D eigenvalue weighted by molar-refractivity contribution is -0.116. The summed E-state index contributed by atoms with van der Waals surface area (Å²) in [5.74, 6) is 0.173. The second-order valence-electron chi connectivity index (χ2n) is 2.85. The monoisotopic (exact) mass is 248 g/mol. The number of hydrogen-bond donors (Lipinski definition) is 0. The maximum Gasteiger partial charge on any atom is 0.160 e. The summed E-state index contributed by atoms with van der Waals surface area (Å²) in [7, 11) is 0. The third kappa shape index (κ3) is 2.46. The first-order chi connectivity index (χ1) is 5.61. The van der Waals surface area contributed by atoms with Crippen molar-refractivity contribution in [1.29, 1.82) is 0 Å². The highest BCUT2D eigenvalue weighted by atomic mass is 79.9. The molecule has 0 atom stereocenters. The van der Waals surface area contributed by atoms with Crippen LogP contribution in [0.5, 0.6) is 0 Å². The Hall–Kier alpha value is -0.0800. The summed E-state index contributed by atoms with van der Waals surface area (Å²) in [5, 5.41) is 0.715. The quantitative estimate of drug-likeness (QED) is 0.732. The average Bonchev–Trinajstić information content (AvgIpc) is 1.97. The minimum atomic E-state index is 0.173. The minimum Gasteiger partial charge on any atom is -0.294 e. The van der Waals surface area contributed by atoms with Gasteiger partial charge >= 0.3 is 0 Å². The molecular formula is C9H10BrClO. The van der Waals surface area contributed by atoms with Crippen molar-refractivity contribution in [2.75, 3.05) is 0 Å². The van der Waals surface area contributed by atoms with Gasteiger partial charge in [-0.3, -0.25) is 4.79 Å². The molecule has 0 N–H and O–H groups in total. The fourth-order valence-electron chi connectivity index (χ4n) is 1.24. The Morgan fingerprint density at radius 2 is 2.25 bits per heavy atom. The topological polar surface area (TPSA) is 17.1 Å². The number of carbonyl (C=O) groups excluding carboxylic acids is 1. The molecule has 0 saturated heterocycles. The van der Waals surface area contributed by atoms with Gasteiger partial charge in [-0.1, -0.05) is 34.1 Å². The van der Waals surface area contributed by atoms with Gasteiger partial charge < -0.3 is 0 Å². The number of ketones is 1. The number of hydrogen-bond acceptors (Lipinski definition) is 1. The van der Waals surface area contributed by atoms with Gasteiger partial charge in [-0.05, 0) is 17.3 Å². The molecule has 0 aromatic rings. The zero-order chi connectivity index (χ0) is 9.14. The van der Waals surface area contributed by atoms with Crippen molar-refractivity contribution in [2.45, 2.75) is 25.7 Å². The predicted molar refractivity (Wildman–Crippen MR) is 54.4 cm³/mol. The van der Waals surface area contributed by atoms with Gasteiger partial charge in [0, 0.05) is 23.4 Å². The van der Waals surface area contributed by atoms with E-state index in [9.17, 15) is 4.79 Å². The maximum absolute atomic E-state index is 11.3. The Bertz CT molecular complexity index is 255. The Balaban J connectivity index is 2.81. The zero-order valence-corrected chi connectivity index (χ0v) is 9.04. The highest BCUT2D eigenvalue weighted by molar-refractivity contribution is 9.11. The smallest absolute Gasteiger partial charge is 0.160 e. The molecule has 0 amide bonds. The van der Waals surface area contributed by atoms with Crippen molar-refractivity contribution in [3.8, 4) is 0 Å². The summed E-state index contributed by atoms with van der Waals surface area (Å²) in [6, 6.07) is 0. The Labute approximate surface area is 85.6 Å². The molecule has 1 nitrogen and oxygen atoms in total. The molecule has 1 aliphatic rings. The molecule has 0 aromatic carbocycles. The molecule has 0 unspecified atom stereocenters. The molecule has 0 heterocycles. The van der Waals surface area contributed by atoms with Crippen LogP contribution in [0.2, 0.25) is 0 Å². The van der Waals surface area contributed by atoms with E-state index in [-0.39, 0.29) is 5.78 Å². The molecular weight excluding hydrogens is 239 g/mol. The van der Waals surface area contributed by atoms with E-state index in [1.807, 2.05) is 0 Å². The third-order valence-electron chi connectivity index (χ3n) is 1.83. The molecule has 0 bridgehead atoms. The van der Waals surface area contributed by atoms with E-state index >= 15 is 0 Å². The molecule has 12 heavy (non-hydrogen) atoms. The van der Waals surface area contributed by atoms with E-state index in [4.69, 9.17) is 11.6 Å². The van der Waals surface area contributed by atoms with Gasteiger partial charge in [-0.15, -0.1) is 0 Å². The van der Waals surface area contributed by atoms with Crippen molar-refractivity contribution in [2.24, 2.45) is 0 Å². The fraction of sp³-hybridized carbons (Fsp3) is 0.444. The van der Waals surface area contributed by atoms with Crippen LogP contribution >= 0.6 is 27.5 Å². The first kappa shape index (κ1) is 10.0. The maximum atomic E-state index is 11.3.